The molecule has 1 saturated heterocycles. The number of likely N-dealkylation sites (tertiary alicyclic amines) is 1. The maximum absolute atomic E-state index is 12.7. The van der Waals surface area contributed by atoms with Crippen LogP contribution in [-0.4, -0.2) is 94.7 Å². The molecule has 0 unspecified atom stereocenters. The standard InChI is InChI=1S/C42H59N3O6/c1-32-16-19-35(20-17-32)50-38(34-12-6-5-7-13-34)23-27-44(2)26-11-10-25-43-42(46)51-36-22-28-45(31-36)37-14-8-9-15-39(37)49-29-24-33-18-21-40(47-3)41(30-33)48-4/h5-7,12-13,16-21,30,36-39H,8-11,14-15,22-29,31H2,1-4H3,(H,43,46)/t36-,37-,38-,39-/m1/s1. The van der Waals surface area contributed by atoms with Gasteiger partial charge in [-0.15, -0.1) is 0 Å². The number of rotatable bonds is 19. The summed E-state index contributed by atoms with van der Waals surface area (Å²) in [7, 11) is 5.47. The van der Waals surface area contributed by atoms with Crippen molar-refractivity contribution in [1.29, 1.82) is 0 Å². The number of hydrogen-bond donors (Lipinski definition) is 1. The molecule has 1 aliphatic carbocycles. The lowest BCUT2D eigenvalue weighted by molar-refractivity contribution is -0.0319. The van der Waals surface area contributed by atoms with Crippen LogP contribution in [-0.2, 0) is 15.9 Å². The van der Waals surface area contributed by atoms with Crippen molar-refractivity contribution in [2.75, 3.05) is 60.6 Å². The van der Waals surface area contributed by atoms with E-state index in [1.165, 1.54) is 29.5 Å². The zero-order chi connectivity index (χ0) is 35.8. The Kier molecular flexibility index (Phi) is 15.3. The van der Waals surface area contributed by atoms with Gasteiger partial charge in [0, 0.05) is 38.6 Å². The normalized spacial score (nSPS) is 19.8. The van der Waals surface area contributed by atoms with Crippen LogP contribution in [0.2, 0.25) is 0 Å². The van der Waals surface area contributed by atoms with Crippen LogP contribution in [0.15, 0.2) is 72.8 Å². The van der Waals surface area contributed by atoms with Gasteiger partial charge in [-0.2, -0.15) is 0 Å². The zero-order valence-electron chi connectivity index (χ0n) is 31.2. The summed E-state index contributed by atoms with van der Waals surface area (Å²) >= 11 is 0. The molecule has 1 N–H and O–H groups in total. The molecule has 0 aromatic heterocycles. The first kappa shape index (κ1) is 38.4. The first-order chi connectivity index (χ1) is 24.9. The quantitative estimate of drug-likeness (QED) is 0.128. The molecule has 1 saturated carbocycles. The van der Waals surface area contributed by atoms with E-state index in [-0.39, 0.29) is 24.4 Å². The number of hydrogen-bond acceptors (Lipinski definition) is 8. The number of unbranched alkanes of at least 4 members (excludes halogenated alkanes) is 1. The van der Waals surface area contributed by atoms with E-state index in [2.05, 4.69) is 71.6 Å². The van der Waals surface area contributed by atoms with Gasteiger partial charge in [-0.1, -0.05) is 66.9 Å². The van der Waals surface area contributed by atoms with Gasteiger partial charge in [0.1, 0.15) is 18.0 Å². The van der Waals surface area contributed by atoms with Gasteiger partial charge in [-0.3, -0.25) is 4.90 Å². The molecule has 3 aromatic rings. The number of amides is 1. The van der Waals surface area contributed by atoms with E-state index in [0.29, 0.717) is 19.2 Å². The van der Waals surface area contributed by atoms with Crippen LogP contribution in [0.1, 0.15) is 74.2 Å². The van der Waals surface area contributed by atoms with E-state index >= 15 is 0 Å². The molecule has 1 aliphatic heterocycles. The average Bonchev–Trinajstić information content (AvgIpc) is 3.62. The summed E-state index contributed by atoms with van der Waals surface area (Å²) in [5, 5.41) is 2.99. The summed E-state index contributed by atoms with van der Waals surface area (Å²) in [5.41, 5.74) is 3.58. The second-order valence-corrected chi connectivity index (χ2v) is 14.1. The third kappa shape index (κ3) is 12.2. The lowest BCUT2D eigenvalue weighted by atomic mass is 9.91. The molecule has 4 atom stereocenters. The lowest BCUT2D eigenvalue weighted by Crippen LogP contribution is -2.46. The van der Waals surface area contributed by atoms with Crippen molar-refractivity contribution < 1.29 is 28.5 Å². The number of ether oxygens (including phenoxy) is 5. The molecule has 9 nitrogen and oxygen atoms in total. The number of nitrogens with zero attached hydrogens (tertiary/aromatic N) is 2. The van der Waals surface area contributed by atoms with Gasteiger partial charge < -0.3 is 33.9 Å². The lowest BCUT2D eigenvalue weighted by Gasteiger charge is -2.37. The minimum absolute atomic E-state index is 0.00833. The number of methoxy groups -OCH3 is 2. The third-order valence-corrected chi connectivity index (χ3v) is 10.2. The second kappa shape index (κ2) is 20.3. The Bertz CT molecular complexity index is 1450. The number of carbonyl (C=O) groups excluding carboxylic acids is 1. The highest BCUT2D eigenvalue weighted by Gasteiger charge is 2.36. The maximum atomic E-state index is 12.7. The molecule has 9 heteroatoms. The Morgan fingerprint density at radius 2 is 1.71 bits per heavy atom. The van der Waals surface area contributed by atoms with E-state index in [0.717, 1.165) is 88.4 Å². The number of aryl methyl sites for hydroxylation is 1. The summed E-state index contributed by atoms with van der Waals surface area (Å²) in [6.07, 6.45) is 8.91. The van der Waals surface area contributed by atoms with Crippen LogP contribution in [0.5, 0.6) is 17.2 Å². The SMILES string of the molecule is COc1ccc(CCO[C@@H]2CCCC[C@H]2N2CC[C@@H](OC(=O)NCCCCN(C)CC[C@@H](Oc3ccc(C)cc3)c3ccccc3)C2)cc1OC. The number of nitrogens with one attached hydrogen (secondary N) is 1. The summed E-state index contributed by atoms with van der Waals surface area (Å²) in [5.74, 6) is 2.38. The van der Waals surface area contributed by atoms with Gasteiger partial charge in [0.05, 0.1) is 26.9 Å². The van der Waals surface area contributed by atoms with Crippen molar-refractivity contribution in [2.45, 2.75) is 89.1 Å². The number of alkyl carbamates (subject to hydrolysis) is 1. The molecule has 0 radical (unpaired) electrons. The minimum Gasteiger partial charge on any atom is -0.493 e. The second-order valence-electron chi connectivity index (χ2n) is 14.1. The highest BCUT2D eigenvalue weighted by Crippen LogP contribution is 2.31. The Balaban J connectivity index is 0.961. The largest absolute Gasteiger partial charge is 0.493 e. The maximum Gasteiger partial charge on any atom is 0.407 e. The average molecular weight is 702 g/mol. The molecular formula is C42H59N3O6. The molecular weight excluding hydrogens is 642 g/mol. The Morgan fingerprint density at radius 3 is 2.49 bits per heavy atom. The minimum atomic E-state index is -0.305. The van der Waals surface area contributed by atoms with E-state index in [1.807, 2.05) is 30.3 Å². The number of carbonyl (C=O) groups is 1. The smallest absolute Gasteiger partial charge is 0.407 e. The molecule has 2 fully saturated rings. The summed E-state index contributed by atoms with van der Waals surface area (Å²) in [6, 6.07) is 25.1. The van der Waals surface area contributed by atoms with Crippen molar-refractivity contribution in [3.8, 4) is 17.2 Å². The van der Waals surface area contributed by atoms with Crippen molar-refractivity contribution in [1.82, 2.24) is 15.1 Å². The number of benzene rings is 3. The first-order valence-corrected chi connectivity index (χ1v) is 18.9. The summed E-state index contributed by atoms with van der Waals surface area (Å²) in [4.78, 5) is 17.5. The van der Waals surface area contributed by atoms with Crippen LogP contribution in [0, 0.1) is 6.92 Å². The first-order valence-electron chi connectivity index (χ1n) is 18.9. The van der Waals surface area contributed by atoms with Crippen molar-refractivity contribution in [2.24, 2.45) is 0 Å². The van der Waals surface area contributed by atoms with E-state index < -0.39 is 0 Å². The van der Waals surface area contributed by atoms with E-state index in [1.54, 1.807) is 14.2 Å². The molecule has 5 rings (SSSR count). The van der Waals surface area contributed by atoms with Crippen molar-refractivity contribution in [3.63, 3.8) is 0 Å². The van der Waals surface area contributed by atoms with Crippen LogP contribution in [0.4, 0.5) is 4.79 Å². The summed E-state index contributed by atoms with van der Waals surface area (Å²) < 4.78 is 29.6. The monoisotopic (exact) mass is 701 g/mol. The Morgan fingerprint density at radius 1 is 0.922 bits per heavy atom. The predicted molar refractivity (Wildman–Crippen MR) is 202 cm³/mol. The van der Waals surface area contributed by atoms with Crippen LogP contribution in [0.25, 0.3) is 0 Å². The molecule has 51 heavy (non-hydrogen) atoms. The van der Waals surface area contributed by atoms with Crippen LogP contribution >= 0.6 is 0 Å². The molecule has 1 amide bonds. The molecule has 2 aliphatic rings. The fraction of sp³-hybridized carbons (Fsp3) is 0.548. The fourth-order valence-electron chi connectivity index (χ4n) is 7.29. The van der Waals surface area contributed by atoms with Crippen molar-refractivity contribution >= 4 is 6.09 Å². The third-order valence-electron chi connectivity index (χ3n) is 10.2. The summed E-state index contributed by atoms with van der Waals surface area (Å²) in [6.45, 7) is 6.96. The zero-order valence-corrected chi connectivity index (χ0v) is 31.2. The molecule has 0 spiro atoms. The highest BCUT2D eigenvalue weighted by molar-refractivity contribution is 5.67. The van der Waals surface area contributed by atoms with E-state index in [9.17, 15) is 4.79 Å². The fourth-order valence-corrected chi connectivity index (χ4v) is 7.29. The van der Waals surface area contributed by atoms with Crippen LogP contribution < -0.4 is 19.5 Å². The Labute approximate surface area is 305 Å². The highest BCUT2D eigenvalue weighted by atomic mass is 16.6. The van der Waals surface area contributed by atoms with Gasteiger partial charge >= 0.3 is 6.09 Å². The molecule has 278 valence electrons. The molecule has 1 heterocycles. The van der Waals surface area contributed by atoms with Crippen molar-refractivity contribution in [3.05, 3.63) is 89.5 Å². The van der Waals surface area contributed by atoms with Gasteiger partial charge in [-0.25, -0.2) is 4.79 Å². The predicted octanol–water partition coefficient (Wildman–Crippen LogP) is 7.61. The molecule has 3 aromatic carbocycles. The van der Waals surface area contributed by atoms with Gasteiger partial charge in [-0.05, 0) is 94.4 Å². The van der Waals surface area contributed by atoms with E-state index in [4.69, 9.17) is 23.7 Å². The van der Waals surface area contributed by atoms with Gasteiger partial charge in [0.2, 0.25) is 0 Å². The molecule has 0 bridgehead atoms. The topological polar surface area (TPSA) is 81.7 Å². The Hall–Kier alpha value is -3.79. The van der Waals surface area contributed by atoms with Gasteiger partial charge in [0.25, 0.3) is 0 Å². The van der Waals surface area contributed by atoms with Gasteiger partial charge in [0.15, 0.2) is 11.5 Å². The van der Waals surface area contributed by atoms with Crippen LogP contribution in [0.3, 0.4) is 0 Å².